The van der Waals surface area contributed by atoms with Crippen LogP contribution in [-0.4, -0.2) is 5.11 Å². The van der Waals surface area contributed by atoms with Gasteiger partial charge in [-0.05, 0) is 54.5 Å². The SMILES string of the molecule is CCCCCCCCCCc1cc(O)cc(CBr)c1CCCCC. The van der Waals surface area contributed by atoms with Gasteiger partial charge in [-0.1, -0.05) is 87.6 Å². The molecule has 24 heavy (non-hydrogen) atoms. The number of hydrogen-bond acceptors (Lipinski definition) is 1. The second kappa shape index (κ2) is 13.8. The number of aryl methyl sites for hydroxylation is 1. The molecule has 1 aromatic rings. The van der Waals surface area contributed by atoms with E-state index in [1.165, 1.54) is 87.3 Å². The molecule has 1 N–H and O–H groups in total. The fourth-order valence-electron chi connectivity index (χ4n) is 3.44. The summed E-state index contributed by atoms with van der Waals surface area (Å²) in [5.74, 6) is 0.429. The zero-order valence-corrected chi connectivity index (χ0v) is 17.5. The third-order valence-electron chi connectivity index (χ3n) is 4.89. The van der Waals surface area contributed by atoms with Crippen LogP contribution in [0.4, 0.5) is 0 Å². The summed E-state index contributed by atoms with van der Waals surface area (Å²) >= 11 is 3.60. The first kappa shape index (κ1) is 21.5. The van der Waals surface area contributed by atoms with E-state index in [2.05, 4.69) is 29.8 Å². The maximum atomic E-state index is 10.0. The van der Waals surface area contributed by atoms with Crippen molar-refractivity contribution in [2.45, 2.75) is 103 Å². The Morgan fingerprint density at radius 1 is 0.708 bits per heavy atom. The summed E-state index contributed by atoms with van der Waals surface area (Å²) in [4.78, 5) is 0. The Hall–Kier alpha value is -0.500. The van der Waals surface area contributed by atoms with E-state index >= 15 is 0 Å². The van der Waals surface area contributed by atoms with Crippen molar-refractivity contribution in [3.8, 4) is 5.75 Å². The topological polar surface area (TPSA) is 20.2 Å². The van der Waals surface area contributed by atoms with Crippen molar-refractivity contribution in [1.82, 2.24) is 0 Å². The normalized spacial score (nSPS) is 11.1. The van der Waals surface area contributed by atoms with Gasteiger partial charge in [0, 0.05) is 5.33 Å². The van der Waals surface area contributed by atoms with Gasteiger partial charge in [-0.3, -0.25) is 0 Å². The second-order valence-corrected chi connectivity index (χ2v) is 7.62. The summed E-state index contributed by atoms with van der Waals surface area (Å²) in [6.45, 7) is 4.53. The molecule has 0 atom stereocenters. The molecule has 0 aliphatic heterocycles. The molecule has 0 spiro atoms. The van der Waals surface area contributed by atoms with Gasteiger partial charge in [-0.2, -0.15) is 0 Å². The minimum atomic E-state index is 0.429. The van der Waals surface area contributed by atoms with Crippen molar-refractivity contribution in [3.63, 3.8) is 0 Å². The molecule has 0 aliphatic rings. The van der Waals surface area contributed by atoms with Crippen molar-refractivity contribution in [1.29, 1.82) is 0 Å². The highest BCUT2D eigenvalue weighted by Gasteiger charge is 2.10. The largest absolute Gasteiger partial charge is 0.508 e. The number of rotatable bonds is 14. The van der Waals surface area contributed by atoms with Crippen LogP contribution in [0.3, 0.4) is 0 Å². The van der Waals surface area contributed by atoms with E-state index in [1.54, 1.807) is 0 Å². The van der Waals surface area contributed by atoms with Gasteiger partial charge >= 0.3 is 0 Å². The Morgan fingerprint density at radius 2 is 1.21 bits per heavy atom. The molecule has 0 radical (unpaired) electrons. The summed E-state index contributed by atoms with van der Waals surface area (Å²) in [7, 11) is 0. The van der Waals surface area contributed by atoms with Gasteiger partial charge in [-0.15, -0.1) is 0 Å². The molecule has 138 valence electrons. The number of phenolic OH excluding ortho intramolecular Hbond substituents is 1. The van der Waals surface area contributed by atoms with E-state index in [-0.39, 0.29) is 0 Å². The van der Waals surface area contributed by atoms with Gasteiger partial charge in [0.05, 0.1) is 0 Å². The van der Waals surface area contributed by atoms with Crippen LogP contribution in [0.15, 0.2) is 12.1 Å². The standard InChI is InChI=1S/C22H37BrO/c1-3-5-7-8-9-10-11-13-14-19-16-21(24)17-20(18-23)22(19)15-12-6-4-2/h16-17,24H,3-15,18H2,1-2H3. The van der Waals surface area contributed by atoms with Gasteiger partial charge in [0.2, 0.25) is 0 Å². The van der Waals surface area contributed by atoms with Gasteiger partial charge in [0.25, 0.3) is 0 Å². The second-order valence-electron chi connectivity index (χ2n) is 7.06. The molecule has 1 aromatic carbocycles. The number of halogens is 1. The number of unbranched alkanes of at least 4 members (excludes halogenated alkanes) is 9. The monoisotopic (exact) mass is 396 g/mol. The van der Waals surface area contributed by atoms with Gasteiger partial charge < -0.3 is 5.11 Å². The molecule has 0 aromatic heterocycles. The van der Waals surface area contributed by atoms with Crippen molar-refractivity contribution >= 4 is 15.9 Å². The molecule has 0 saturated heterocycles. The van der Waals surface area contributed by atoms with Gasteiger partial charge in [0.15, 0.2) is 0 Å². The number of hydrogen-bond donors (Lipinski definition) is 1. The summed E-state index contributed by atoms with van der Waals surface area (Å²) in [6.07, 6.45) is 16.9. The maximum absolute atomic E-state index is 10.0. The minimum absolute atomic E-state index is 0.429. The van der Waals surface area contributed by atoms with Crippen LogP contribution in [0.2, 0.25) is 0 Å². The van der Waals surface area contributed by atoms with Crippen LogP contribution < -0.4 is 0 Å². The summed E-state index contributed by atoms with van der Waals surface area (Å²) < 4.78 is 0. The lowest BCUT2D eigenvalue weighted by Crippen LogP contribution is -2.00. The smallest absolute Gasteiger partial charge is 0.116 e. The number of aromatic hydroxyl groups is 1. The maximum Gasteiger partial charge on any atom is 0.116 e. The number of phenols is 1. The first-order valence-corrected chi connectivity index (χ1v) is 11.2. The molecule has 0 amide bonds. The molecule has 1 nitrogen and oxygen atoms in total. The van der Waals surface area contributed by atoms with Crippen LogP contribution in [-0.2, 0) is 18.2 Å². The fourth-order valence-corrected chi connectivity index (χ4v) is 3.94. The molecular weight excluding hydrogens is 360 g/mol. The molecular formula is C22H37BrO. The van der Waals surface area contributed by atoms with Crippen LogP contribution in [0.1, 0.15) is 101 Å². The van der Waals surface area contributed by atoms with E-state index in [4.69, 9.17) is 0 Å². The van der Waals surface area contributed by atoms with E-state index in [1.807, 2.05) is 12.1 Å². The highest BCUT2D eigenvalue weighted by atomic mass is 79.9. The molecule has 0 heterocycles. The number of benzene rings is 1. The highest BCUT2D eigenvalue weighted by molar-refractivity contribution is 9.08. The van der Waals surface area contributed by atoms with Crippen molar-refractivity contribution in [2.75, 3.05) is 0 Å². The zero-order valence-electron chi connectivity index (χ0n) is 15.9. The van der Waals surface area contributed by atoms with E-state index < -0.39 is 0 Å². The summed E-state index contributed by atoms with van der Waals surface area (Å²) in [6, 6.07) is 3.95. The van der Waals surface area contributed by atoms with Crippen LogP contribution in [0.5, 0.6) is 5.75 Å². The van der Waals surface area contributed by atoms with Crippen molar-refractivity contribution in [2.24, 2.45) is 0 Å². The zero-order chi connectivity index (χ0) is 17.6. The Kier molecular flexibility index (Phi) is 12.3. The predicted molar refractivity (Wildman–Crippen MR) is 110 cm³/mol. The molecule has 1 rings (SSSR count). The van der Waals surface area contributed by atoms with Crippen LogP contribution >= 0.6 is 15.9 Å². The van der Waals surface area contributed by atoms with Crippen molar-refractivity contribution < 1.29 is 5.11 Å². The first-order chi connectivity index (χ1) is 11.7. The Bertz CT molecular complexity index is 442. The summed E-state index contributed by atoms with van der Waals surface area (Å²) in [5, 5.41) is 10.9. The van der Waals surface area contributed by atoms with Gasteiger partial charge in [0.1, 0.15) is 5.75 Å². The highest BCUT2D eigenvalue weighted by Crippen LogP contribution is 2.27. The first-order valence-electron chi connectivity index (χ1n) is 10.1. The third kappa shape index (κ3) is 8.55. The lowest BCUT2D eigenvalue weighted by atomic mass is 9.93. The quantitative estimate of drug-likeness (QED) is 0.252. The average molecular weight is 397 g/mol. The molecule has 0 fully saturated rings. The van der Waals surface area contributed by atoms with Crippen LogP contribution in [0.25, 0.3) is 0 Å². The molecule has 0 saturated carbocycles. The third-order valence-corrected chi connectivity index (χ3v) is 5.50. The predicted octanol–water partition coefficient (Wildman–Crippen LogP) is 7.70. The molecule has 0 aliphatic carbocycles. The van der Waals surface area contributed by atoms with E-state index in [0.29, 0.717) is 5.75 Å². The van der Waals surface area contributed by atoms with E-state index in [9.17, 15) is 5.11 Å². The van der Waals surface area contributed by atoms with Gasteiger partial charge in [-0.25, -0.2) is 0 Å². The molecule has 0 bridgehead atoms. The van der Waals surface area contributed by atoms with Crippen LogP contribution in [0, 0.1) is 0 Å². The van der Waals surface area contributed by atoms with E-state index in [0.717, 1.165) is 18.2 Å². The molecule has 2 heteroatoms. The lowest BCUT2D eigenvalue weighted by molar-refractivity contribution is 0.473. The Balaban J connectivity index is 2.48. The Labute approximate surface area is 158 Å². The fraction of sp³-hybridized carbons (Fsp3) is 0.727. The summed E-state index contributed by atoms with van der Waals surface area (Å²) in [5.41, 5.74) is 4.15. The van der Waals surface area contributed by atoms with Crippen molar-refractivity contribution in [3.05, 3.63) is 28.8 Å². The Morgan fingerprint density at radius 3 is 1.83 bits per heavy atom. The molecule has 0 unspecified atom stereocenters. The lowest BCUT2D eigenvalue weighted by Gasteiger charge is -2.15. The number of alkyl halides is 1. The minimum Gasteiger partial charge on any atom is -0.508 e. The average Bonchev–Trinajstić information content (AvgIpc) is 2.58.